The second-order valence-electron chi connectivity index (χ2n) is 6.29. The second-order valence-corrected chi connectivity index (χ2v) is 6.29. The molecular formula is C14H15F3O3. The van der Waals surface area contributed by atoms with Crippen molar-refractivity contribution in [1.82, 2.24) is 0 Å². The summed E-state index contributed by atoms with van der Waals surface area (Å²) in [5.41, 5.74) is -2.35. The topological polar surface area (TPSA) is 43.4 Å². The fourth-order valence-corrected chi connectivity index (χ4v) is 4.17. The number of halogens is 3. The SMILES string of the molecule is C=C(C(=O)OC12CC3CC(C1)C(=O)C(C3)C2)C(F)(F)F. The largest absolute Gasteiger partial charge is 0.455 e. The maximum Gasteiger partial charge on any atom is 0.422 e. The van der Waals surface area contributed by atoms with E-state index in [4.69, 9.17) is 4.74 Å². The van der Waals surface area contributed by atoms with Gasteiger partial charge >= 0.3 is 12.1 Å². The molecule has 2 atom stereocenters. The highest BCUT2D eigenvalue weighted by Gasteiger charge is 2.57. The monoisotopic (exact) mass is 288 g/mol. The average molecular weight is 288 g/mol. The lowest BCUT2D eigenvalue weighted by Gasteiger charge is -2.54. The normalized spacial score (nSPS) is 39.0. The molecule has 110 valence electrons. The van der Waals surface area contributed by atoms with Gasteiger partial charge in [-0.3, -0.25) is 4.79 Å². The van der Waals surface area contributed by atoms with E-state index in [9.17, 15) is 22.8 Å². The molecule has 4 fully saturated rings. The number of hydrogen-bond donors (Lipinski definition) is 0. The fourth-order valence-electron chi connectivity index (χ4n) is 4.17. The summed E-state index contributed by atoms with van der Waals surface area (Å²) in [6.07, 6.45) is -1.88. The summed E-state index contributed by atoms with van der Waals surface area (Å²) in [5, 5.41) is 0. The van der Waals surface area contributed by atoms with Gasteiger partial charge in [0.1, 0.15) is 17.0 Å². The highest BCUT2D eigenvalue weighted by atomic mass is 19.4. The van der Waals surface area contributed by atoms with Crippen LogP contribution in [0.2, 0.25) is 0 Å². The minimum Gasteiger partial charge on any atom is -0.455 e. The molecule has 4 bridgehead atoms. The number of Topliss-reactive ketones (excluding diaryl/α,β-unsaturated/α-hetero) is 1. The Labute approximate surface area is 114 Å². The maximum absolute atomic E-state index is 12.5. The Balaban J connectivity index is 1.77. The average Bonchev–Trinajstić information content (AvgIpc) is 2.32. The minimum absolute atomic E-state index is 0.145. The molecule has 2 unspecified atom stereocenters. The van der Waals surface area contributed by atoms with Crippen molar-refractivity contribution in [3.05, 3.63) is 12.2 Å². The predicted octanol–water partition coefficient (Wildman–Crippen LogP) is 2.80. The van der Waals surface area contributed by atoms with Crippen molar-refractivity contribution in [2.24, 2.45) is 17.8 Å². The number of ketones is 1. The Morgan fingerprint density at radius 1 is 1.20 bits per heavy atom. The third-order valence-corrected chi connectivity index (χ3v) is 4.84. The Kier molecular flexibility index (Phi) is 2.79. The Morgan fingerprint density at radius 2 is 1.75 bits per heavy atom. The first-order valence-corrected chi connectivity index (χ1v) is 6.73. The van der Waals surface area contributed by atoms with Gasteiger partial charge in [0.15, 0.2) is 0 Å². The highest BCUT2D eigenvalue weighted by Crippen LogP contribution is 2.55. The molecule has 0 aromatic heterocycles. The van der Waals surface area contributed by atoms with E-state index in [2.05, 4.69) is 6.58 Å². The van der Waals surface area contributed by atoms with Crippen molar-refractivity contribution >= 4 is 11.8 Å². The van der Waals surface area contributed by atoms with E-state index < -0.39 is 23.3 Å². The van der Waals surface area contributed by atoms with Crippen LogP contribution in [0.1, 0.15) is 32.1 Å². The number of carbonyl (C=O) groups is 2. The summed E-state index contributed by atoms with van der Waals surface area (Å²) >= 11 is 0. The summed E-state index contributed by atoms with van der Waals surface area (Å²) in [7, 11) is 0. The van der Waals surface area contributed by atoms with Gasteiger partial charge in [0.05, 0.1) is 0 Å². The first-order chi connectivity index (χ1) is 9.20. The molecule has 3 nitrogen and oxygen atoms in total. The van der Waals surface area contributed by atoms with E-state index in [-0.39, 0.29) is 23.5 Å². The Bertz CT molecular complexity index is 476. The minimum atomic E-state index is -4.77. The van der Waals surface area contributed by atoms with E-state index in [0.717, 1.165) is 12.8 Å². The Morgan fingerprint density at radius 3 is 2.25 bits per heavy atom. The quantitative estimate of drug-likeness (QED) is 0.579. The predicted molar refractivity (Wildman–Crippen MR) is 62.6 cm³/mol. The molecule has 0 aliphatic heterocycles. The zero-order valence-corrected chi connectivity index (χ0v) is 10.8. The molecule has 6 heteroatoms. The van der Waals surface area contributed by atoms with Gasteiger partial charge in [0, 0.05) is 11.8 Å². The van der Waals surface area contributed by atoms with Gasteiger partial charge < -0.3 is 4.74 Å². The van der Waals surface area contributed by atoms with Crippen molar-refractivity contribution < 1.29 is 27.5 Å². The van der Waals surface area contributed by atoms with Crippen LogP contribution < -0.4 is 0 Å². The van der Waals surface area contributed by atoms with Crippen LogP contribution in [0.4, 0.5) is 13.2 Å². The van der Waals surface area contributed by atoms with Gasteiger partial charge in [-0.2, -0.15) is 13.2 Å². The molecule has 0 aromatic carbocycles. The third-order valence-electron chi connectivity index (χ3n) is 4.84. The molecule has 0 N–H and O–H groups in total. The number of carbonyl (C=O) groups excluding carboxylic acids is 2. The van der Waals surface area contributed by atoms with Crippen molar-refractivity contribution in [2.45, 2.75) is 43.9 Å². The fraction of sp³-hybridized carbons (Fsp3) is 0.714. The van der Waals surface area contributed by atoms with E-state index in [0.29, 0.717) is 19.3 Å². The van der Waals surface area contributed by atoms with E-state index in [1.165, 1.54) is 0 Å². The summed E-state index contributed by atoms with van der Waals surface area (Å²) in [6, 6.07) is 0. The van der Waals surface area contributed by atoms with Crippen LogP contribution in [-0.4, -0.2) is 23.5 Å². The molecule has 0 radical (unpaired) electrons. The van der Waals surface area contributed by atoms with Crippen LogP contribution in [0.5, 0.6) is 0 Å². The lowest BCUT2D eigenvalue weighted by molar-refractivity contribution is -0.191. The van der Waals surface area contributed by atoms with Crippen LogP contribution in [0.3, 0.4) is 0 Å². The van der Waals surface area contributed by atoms with Gasteiger partial charge in [0.25, 0.3) is 0 Å². The molecule has 4 aliphatic carbocycles. The second kappa shape index (κ2) is 4.09. The lowest BCUT2D eigenvalue weighted by atomic mass is 9.53. The summed E-state index contributed by atoms with van der Waals surface area (Å²) in [5.74, 6) is -1.20. The van der Waals surface area contributed by atoms with Crippen molar-refractivity contribution in [1.29, 1.82) is 0 Å². The van der Waals surface area contributed by atoms with Crippen molar-refractivity contribution in [2.75, 3.05) is 0 Å². The van der Waals surface area contributed by atoms with E-state index in [1.807, 2.05) is 0 Å². The molecule has 4 saturated carbocycles. The van der Waals surface area contributed by atoms with E-state index in [1.54, 1.807) is 0 Å². The maximum atomic E-state index is 12.5. The number of hydrogen-bond acceptors (Lipinski definition) is 3. The van der Waals surface area contributed by atoms with Gasteiger partial charge in [-0.05, 0) is 38.0 Å². The van der Waals surface area contributed by atoms with Crippen LogP contribution in [-0.2, 0) is 14.3 Å². The summed E-state index contributed by atoms with van der Waals surface area (Å²) in [4.78, 5) is 23.6. The van der Waals surface area contributed by atoms with Crippen LogP contribution in [0.15, 0.2) is 12.2 Å². The molecule has 4 rings (SSSR count). The summed E-state index contributed by atoms with van der Waals surface area (Å²) < 4.78 is 42.6. The molecule has 20 heavy (non-hydrogen) atoms. The van der Waals surface area contributed by atoms with Crippen molar-refractivity contribution in [3.8, 4) is 0 Å². The smallest absolute Gasteiger partial charge is 0.422 e. The van der Waals surface area contributed by atoms with Gasteiger partial charge in [-0.15, -0.1) is 0 Å². The van der Waals surface area contributed by atoms with E-state index >= 15 is 0 Å². The first kappa shape index (κ1) is 13.6. The third kappa shape index (κ3) is 2.05. The zero-order chi connectivity index (χ0) is 14.7. The Hall–Kier alpha value is -1.33. The molecule has 0 spiro atoms. The van der Waals surface area contributed by atoms with Gasteiger partial charge in [-0.1, -0.05) is 6.58 Å². The molecule has 0 amide bonds. The number of ether oxygens (including phenoxy) is 1. The highest BCUT2D eigenvalue weighted by molar-refractivity contribution is 5.90. The van der Waals surface area contributed by atoms with Crippen molar-refractivity contribution in [3.63, 3.8) is 0 Å². The first-order valence-electron chi connectivity index (χ1n) is 6.73. The molecule has 4 aliphatic rings. The number of rotatable bonds is 2. The van der Waals surface area contributed by atoms with Crippen LogP contribution in [0, 0.1) is 17.8 Å². The van der Waals surface area contributed by atoms with Gasteiger partial charge in [0.2, 0.25) is 0 Å². The molecule has 0 saturated heterocycles. The van der Waals surface area contributed by atoms with Crippen LogP contribution >= 0.6 is 0 Å². The number of alkyl halides is 3. The zero-order valence-electron chi connectivity index (χ0n) is 10.8. The molecule has 0 aromatic rings. The summed E-state index contributed by atoms with van der Waals surface area (Å²) in [6.45, 7) is 2.77. The molecular weight excluding hydrogens is 273 g/mol. The number of esters is 1. The lowest BCUT2D eigenvalue weighted by Crippen LogP contribution is -2.57. The standard InChI is InChI=1S/C14H15F3O3/c1-7(14(15,16)17)12(19)20-13-4-8-2-9(5-13)11(18)10(3-8)6-13/h8-10H,1-6H2. The van der Waals surface area contributed by atoms with Gasteiger partial charge in [-0.25, -0.2) is 4.79 Å². The molecule has 0 heterocycles. The van der Waals surface area contributed by atoms with Crippen LogP contribution in [0.25, 0.3) is 0 Å².